The Balaban J connectivity index is 2.35. The normalized spacial score (nSPS) is 12.4. The molecular formula is C11H10FN3O. The van der Waals surface area contributed by atoms with E-state index in [1.54, 1.807) is 12.4 Å². The van der Waals surface area contributed by atoms with Gasteiger partial charge in [0, 0.05) is 24.2 Å². The predicted octanol–water partition coefficient (Wildman–Crippen LogP) is 1.40. The molecule has 2 aromatic rings. The maximum atomic E-state index is 13.3. The maximum absolute atomic E-state index is 13.3. The molecule has 0 saturated carbocycles. The lowest BCUT2D eigenvalue weighted by Gasteiger charge is -2.09. The standard InChI is InChI=1S/C11H10FN3O/c1-7-4-14-11(15-5-7)10(16)8-2-3-13-6-9(8)12/h2-6,10,16H,1H3. The van der Waals surface area contributed by atoms with Crippen LogP contribution in [0.1, 0.15) is 23.1 Å². The molecule has 0 spiro atoms. The number of pyridine rings is 1. The first-order chi connectivity index (χ1) is 7.68. The topological polar surface area (TPSA) is 58.9 Å². The highest BCUT2D eigenvalue weighted by atomic mass is 19.1. The van der Waals surface area contributed by atoms with Crippen molar-refractivity contribution in [2.24, 2.45) is 0 Å². The first-order valence-electron chi connectivity index (χ1n) is 4.74. The number of aromatic nitrogens is 3. The summed E-state index contributed by atoms with van der Waals surface area (Å²) in [7, 11) is 0. The van der Waals surface area contributed by atoms with Crippen LogP contribution in [0.3, 0.4) is 0 Å². The molecule has 1 N–H and O–H groups in total. The highest BCUT2D eigenvalue weighted by Gasteiger charge is 2.16. The van der Waals surface area contributed by atoms with E-state index in [1.807, 2.05) is 6.92 Å². The Morgan fingerprint density at radius 1 is 1.25 bits per heavy atom. The van der Waals surface area contributed by atoms with Crippen LogP contribution in [0.25, 0.3) is 0 Å². The minimum Gasteiger partial charge on any atom is -0.380 e. The molecule has 2 aromatic heterocycles. The number of halogens is 1. The second-order valence-electron chi connectivity index (χ2n) is 3.42. The van der Waals surface area contributed by atoms with Crippen LogP contribution in [0, 0.1) is 12.7 Å². The van der Waals surface area contributed by atoms with Gasteiger partial charge in [0.15, 0.2) is 5.82 Å². The summed E-state index contributed by atoms with van der Waals surface area (Å²) < 4.78 is 13.3. The van der Waals surface area contributed by atoms with E-state index in [0.29, 0.717) is 0 Å². The molecule has 5 heteroatoms. The van der Waals surface area contributed by atoms with Crippen LogP contribution in [-0.4, -0.2) is 20.1 Å². The molecule has 16 heavy (non-hydrogen) atoms. The average Bonchev–Trinajstić information content (AvgIpc) is 2.30. The fraction of sp³-hybridized carbons (Fsp3) is 0.182. The van der Waals surface area contributed by atoms with E-state index in [2.05, 4.69) is 15.0 Å². The van der Waals surface area contributed by atoms with E-state index in [1.165, 1.54) is 12.3 Å². The van der Waals surface area contributed by atoms with Crippen molar-refractivity contribution in [1.82, 2.24) is 15.0 Å². The number of nitrogens with zero attached hydrogens (tertiary/aromatic N) is 3. The van der Waals surface area contributed by atoms with Crippen LogP contribution in [0.15, 0.2) is 30.9 Å². The second-order valence-corrected chi connectivity index (χ2v) is 3.42. The third kappa shape index (κ3) is 2.04. The number of aryl methyl sites for hydroxylation is 1. The number of hydrogen-bond donors (Lipinski definition) is 1. The van der Waals surface area contributed by atoms with Crippen molar-refractivity contribution in [3.05, 3.63) is 53.6 Å². The summed E-state index contributed by atoms with van der Waals surface area (Å²) in [6.45, 7) is 1.84. The number of rotatable bonds is 2. The Kier molecular flexibility index (Phi) is 2.87. The van der Waals surface area contributed by atoms with Gasteiger partial charge >= 0.3 is 0 Å². The van der Waals surface area contributed by atoms with Crippen LogP contribution < -0.4 is 0 Å². The maximum Gasteiger partial charge on any atom is 0.161 e. The van der Waals surface area contributed by atoms with Gasteiger partial charge in [-0.25, -0.2) is 14.4 Å². The van der Waals surface area contributed by atoms with E-state index in [9.17, 15) is 9.50 Å². The van der Waals surface area contributed by atoms with Gasteiger partial charge in [0.1, 0.15) is 11.9 Å². The van der Waals surface area contributed by atoms with Gasteiger partial charge in [0.05, 0.1) is 6.20 Å². The zero-order chi connectivity index (χ0) is 11.5. The minimum absolute atomic E-state index is 0.124. The Labute approximate surface area is 91.8 Å². The quantitative estimate of drug-likeness (QED) is 0.829. The van der Waals surface area contributed by atoms with Gasteiger partial charge in [-0.05, 0) is 18.6 Å². The van der Waals surface area contributed by atoms with Crippen LogP contribution in [0.2, 0.25) is 0 Å². The van der Waals surface area contributed by atoms with Crippen molar-refractivity contribution in [1.29, 1.82) is 0 Å². The molecule has 4 nitrogen and oxygen atoms in total. The van der Waals surface area contributed by atoms with Crippen molar-refractivity contribution in [2.75, 3.05) is 0 Å². The molecular weight excluding hydrogens is 209 g/mol. The van der Waals surface area contributed by atoms with Gasteiger partial charge in [-0.1, -0.05) is 0 Å². The summed E-state index contributed by atoms with van der Waals surface area (Å²) in [4.78, 5) is 11.5. The molecule has 0 fully saturated rings. The van der Waals surface area contributed by atoms with E-state index in [0.717, 1.165) is 11.8 Å². The van der Waals surface area contributed by atoms with Crippen molar-refractivity contribution in [2.45, 2.75) is 13.0 Å². The first kappa shape index (κ1) is 10.6. The third-order valence-corrected chi connectivity index (χ3v) is 2.14. The van der Waals surface area contributed by atoms with Gasteiger partial charge in [-0.15, -0.1) is 0 Å². The highest BCUT2D eigenvalue weighted by molar-refractivity contribution is 5.21. The zero-order valence-corrected chi connectivity index (χ0v) is 8.63. The molecule has 0 aliphatic rings. The van der Waals surface area contributed by atoms with Crippen molar-refractivity contribution < 1.29 is 9.50 Å². The van der Waals surface area contributed by atoms with E-state index in [-0.39, 0.29) is 11.4 Å². The monoisotopic (exact) mass is 219 g/mol. The largest absolute Gasteiger partial charge is 0.380 e. The van der Waals surface area contributed by atoms with Crippen molar-refractivity contribution in [3.8, 4) is 0 Å². The molecule has 0 aliphatic carbocycles. The van der Waals surface area contributed by atoms with E-state index >= 15 is 0 Å². The summed E-state index contributed by atoms with van der Waals surface area (Å²) in [5.74, 6) is -0.394. The molecule has 0 aromatic carbocycles. The summed E-state index contributed by atoms with van der Waals surface area (Å²) >= 11 is 0. The molecule has 1 atom stereocenters. The molecule has 2 heterocycles. The predicted molar refractivity (Wildman–Crippen MR) is 55.0 cm³/mol. The second kappa shape index (κ2) is 4.32. The molecule has 1 unspecified atom stereocenters. The summed E-state index contributed by atoms with van der Waals surface area (Å²) in [6, 6.07) is 1.41. The van der Waals surface area contributed by atoms with Gasteiger partial charge in [0.2, 0.25) is 0 Å². The number of aliphatic hydroxyl groups excluding tert-OH is 1. The molecule has 0 amide bonds. The Morgan fingerprint density at radius 3 is 2.56 bits per heavy atom. The Bertz CT molecular complexity index is 487. The van der Waals surface area contributed by atoms with Crippen LogP contribution in [-0.2, 0) is 0 Å². The molecule has 82 valence electrons. The van der Waals surface area contributed by atoms with Crippen molar-refractivity contribution in [3.63, 3.8) is 0 Å². The number of aliphatic hydroxyl groups is 1. The third-order valence-electron chi connectivity index (χ3n) is 2.14. The average molecular weight is 219 g/mol. The van der Waals surface area contributed by atoms with E-state index < -0.39 is 11.9 Å². The molecule has 0 bridgehead atoms. The first-order valence-corrected chi connectivity index (χ1v) is 4.74. The lowest BCUT2D eigenvalue weighted by molar-refractivity contribution is 0.204. The molecule has 0 radical (unpaired) electrons. The van der Waals surface area contributed by atoms with Crippen LogP contribution in [0.4, 0.5) is 4.39 Å². The lowest BCUT2D eigenvalue weighted by Crippen LogP contribution is -2.07. The minimum atomic E-state index is -1.16. The Morgan fingerprint density at radius 2 is 1.94 bits per heavy atom. The van der Waals surface area contributed by atoms with Gasteiger partial charge in [-0.2, -0.15) is 0 Å². The summed E-state index contributed by atoms with van der Waals surface area (Å²) in [5.41, 5.74) is 1.00. The summed E-state index contributed by atoms with van der Waals surface area (Å²) in [6.07, 6.45) is 4.45. The Hall–Kier alpha value is -1.88. The molecule has 2 rings (SSSR count). The lowest BCUT2D eigenvalue weighted by atomic mass is 10.1. The van der Waals surface area contributed by atoms with Gasteiger partial charge in [-0.3, -0.25) is 4.98 Å². The molecule has 0 saturated heterocycles. The fourth-order valence-corrected chi connectivity index (χ4v) is 1.29. The SMILES string of the molecule is Cc1cnc(C(O)c2ccncc2F)nc1. The molecule has 0 aliphatic heterocycles. The van der Waals surface area contributed by atoms with Crippen LogP contribution in [0.5, 0.6) is 0 Å². The van der Waals surface area contributed by atoms with E-state index in [4.69, 9.17) is 0 Å². The van der Waals surface area contributed by atoms with Gasteiger partial charge < -0.3 is 5.11 Å². The van der Waals surface area contributed by atoms with Crippen molar-refractivity contribution >= 4 is 0 Å². The number of hydrogen-bond acceptors (Lipinski definition) is 4. The highest BCUT2D eigenvalue weighted by Crippen LogP contribution is 2.20. The summed E-state index contributed by atoms with van der Waals surface area (Å²) in [5, 5.41) is 9.87. The zero-order valence-electron chi connectivity index (χ0n) is 8.63. The fourth-order valence-electron chi connectivity index (χ4n) is 1.29. The van der Waals surface area contributed by atoms with Gasteiger partial charge in [0.25, 0.3) is 0 Å². The van der Waals surface area contributed by atoms with Crippen LogP contribution >= 0.6 is 0 Å². The smallest absolute Gasteiger partial charge is 0.161 e.